The van der Waals surface area contributed by atoms with E-state index in [0.29, 0.717) is 10.9 Å². The first-order chi connectivity index (χ1) is 7.69. The number of aromatic nitrogens is 2. The fourth-order valence-corrected chi connectivity index (χ4v) is 1.96. The SMILES string of the molecule is COCC(=O)N1CC(Cn2cc(Cl)cn2)C1. The van der Waals surface area contributed by atoms with E-state index >= 15 is 0 Å². The predicted molar refractivity (Wildman–Crippen MR) is 59.2 cm³/mol. The molecule has 6 heteroatoms. The summed E-state index contributed by atoms with van der Waals surface area (Å²) in [6.07, 6.45) is 3.41. The molecule has 1 aromatic rings. The molecule has 0 N–H and O–H groups in total. The number of ether oxygens (including phenoxy) is 1. The summed E-state index contributed by atoms with van der Waals surface area (Å²) in [6.45, 7) is 2.53. The van der Waals surface area contributed by atoms with Gasteiger partial charge >= 0.3 is 0 Å². The Balaban J connectivity index is 1.74. The summed E-state index contributed by atoms with van der Waals surface area (Å²) in [4.78, 5) is 13.2. The van der Waals surface area contributed by atoms with Crippen LogP contribution in [0.4, 0.5) is 0 Å². The Morgan fingerprint density at radius 1 is 1.69 bits per heavy atom. The lowest BCUT2D eigenvalue weighted by Crippen LogP contribution is -2.52. The van der Waals surface area contributed by atoms with Gasteiger partial charge in [-0.3, -0.25) is 9.48 Å². The van der Waals surface area contributed by atoms with E-state index in [0.717, 1.165) is 19.6 Å². The topological polar surface area (TPSA) is 47.4 Å². The minimum Gasteiger partial charge on any atom is -0.375 e. The number of nitrogens with zero attached hydrogens (tertiary/aromatic N) is 3. The molecule has 2 rings (SSSR count). The maximum atomic E-state index is 11.4. The maximum absolute atomic E-state index is 11.4. The Kier molecular flexibility index (Phi) is 3.46. The third kappa shape index (κ3) is 2.54. The van der Waals surface area contributed by atoms with Crippen LogP contribution in [-0.2, 0) is 16.1 Å². The van der Waals surface area contributed by atoms with E-state index in [1.165, 1.54) is 7.11 Å². The van der Waals surface area contributed by atoms with Crippen molar-refractivity contribution in [3.63, 3.8) is 0 Å². The third-order valence-electron chi connectivity index (χ3n) is 2.62. The van der Waals surface area contributed by atoms with E-state index in [-0.39, 0.29) is 12.5 Å². The highest BCUT2D eigenvalue weighted by atomic mass is 35.5. The summed E-state index contributed by atoms with van der Waals surface area (Å²) >= 11 is 5.76. The van der Waals surface area contributed by atoms with Crippen LogP contribution in [0.2, 0.25) is 5.02 Å². The van der Waals surface area contributed by atoms with Gasteiger partial charge in [-0.05, 0) is 0 Å². The second-order valence-electron chi connectivity index (χ2n) is 3.98. The molecule has 2 heterocycles. The van der Waals surface area contributed by atoms with Crippen LogP contribution in [0.5, 0.6) is 0 Å². The molecule has 0 saturated carbocycles. The Bertz CT molecular complexity index is 374. The summed E-state index contributed by atoms with van der Waals surface area (Å²) in [5.74, 6) is 0.522. The molecule has 0 aliphatic carbocycles. The number of methoxy groups -OCH3 is 1. The van der Waals surface area contributed by atoms with E-state index in [1.807, 2.05) is 4.68 Å². The number of likely N-dealkylation sites (tertiary alicyclic amines) is 1. The highest BCUT2D eigenvalue weighted by Gasteiger charge is 2.30. The molecule has 88 valence electrons. The minimum atomic E-state index is 0.0530. The summed E-state index contributed by atoms with van der Waals surface area (Å²) in [5.41, 5.74) is 0. The van der Waals surface area contributed by atoms with Gasteiger partial charge in [0.05, 0.1) is 11.2 Å². The molecule has 1 fully saturated rings. The van der Waals surface area contributed by atoms with E-state index in [1.54, 1.807) is 17.3 Å². The third-order valence-corrected chi connectivity index (χ3v) is 2.82. The number of rotatable bonds is 4. The smallest absolute Gasteiger partial charge is 0.248 e. The van der Waals surface area contributed by atoms with Crippen molar-refractivity contribution >= 4 is 17.5 Å². The number of amides is 1. The lowest BCUT2D eigenvalue weighted by molar-refractivity contribution is -0.141. The standard InChI is InChI=1S/C10H14ClN3O2/c1-16-7-10(15)13-3-8(4-13)5-14-6-9(11)2-12-14/h2,6,8H,3-5,7H2,1H3. The van der Waals surface area contributed by atoms with Crippen molar-refractivity contribution in [1.82, 2.24) is 14.7 Å². The highest BCUT2D eigenvalue weighted by Crippen LogP contribution is 2.18. The van der Waals surface area contributed by atoms with Gasteiger partial charge in [-0.2, -0.15) is 5.10 Å². The summed E-state index contributed by atoms with van der Waals surface area (Å²) in [6, 6.07) is 0. The average molecular weight is 244 g/mol. The molecule has 0 radical (unpaired) electrons. The van der Waals surface area contributed by atoms with Gasteiger partial charge < -0.3 is 9.64 Å². The zero-order chi connectivity index (χ0) is 11.5. The second-order valence-corrected chi connectivity index (χ2v) is 4.41. The van der Waals surface area contributed by atoms with Gasteiger partial charge in [0, 0.05) is 38.9 Å². The van der Waals surface area contributed by atoms with Crippen LogP contribution >= 0.6 is 11.6 Å². The Hall–Kier alpha value is -1.07. The van der Waals surface area contributed by atoms with Crippen LogP contribution < -0.4 is 0 Å². The average Bonchev–Trinajstić information content (AvgIpc) is 2.57. The largest absolute Gasteiger partial charge is 0.375 e. The quantitative estimate of drug-likeness (QED) is 0.780. The molecule has 1 saturated heterocycles. The van der Waals surface area contributed by atoms with Crippen LogP contribution in [0.15, 0.2) is 12.4 Å². The second kappa shape index (κ2) is 4.84. The molecule has 5 nitrogen and oxygen atoms in total. The molecule has 16 heavy (non-hydrogen) atoms. The fraction of sp³-hybridized carbons (Fsp3) is 0.600. The molecular weight excluding hydrogens is 230 g/mol. The van der Waals surface area contributed by atoms with Crippen LogP contribution in [-0.4, -0.2) is 47.4 Å². The van der Waals surface area contributed by atoms with Crippen LogP contribution in [0.25, 0.3) is 0 Å². The molecule has 1 aliphatic heterocycles. The molecule has 0 atom stereocenters. The molecule has 1 aliphatic rings. The van der Waals surface area contributed by atoms with Crippen molar-refractivity contribution in [3.8, 4) is 0 Å². The van der Waals surface area contributed by atoms with Gasteiger partial charge in [0.1, 0.15) is 6.61 Å². The first kappa shape index (κ1) is 11.4. The van der Waals surface area contributed by atoms with Crippen molar-refractivity contribution in [1.29, 1.82) is 0 Å². The number of hydrogen-bond acceptors (Lipinski definition) is 3. The van der Waals surface area contributed by atoms with Crippen molar-refractivity contribution < 1.29 is 9.53 Å². The number of hydrogen-bond donors (Lipinski definition) is 0. The normalized spacial score (nSPS) is 16.2. The van der Waals surface area contributed by atoms with Crippen LogP contribution in [0.1, 0.15) is 0 Å². The predicted octanol–water partition coefficient (Wildman–Crippen LogP) is 0.641. The molecule has 0 aromatic carbocycles. The highest BCUT2D eigenvalue weighted by molar-refractivity contribution is 6.30. The van der Waals surface area contributed by atoms with Gasteiger partial charge in [-0.25, -0.2) is 0 Å². The Morgan fingerprint density at radius 3 is 3.00 bits per heavy atom. The molecule has 1 amide bonds. The number of halogens is 1. The monoisotopic (exact) mass is 243 g/mol. The van der Waals surface area contributed by atoms with E-state index in [4.69, 9.17) is 16.3 Å². The minimum absolute atomic E-state index is 0.0530. The van der Waals surface area contributed by atoms with E-state index in [2.05, 4.69) is 5.10 Å². The Morgan fingerprint density at radius 2 is 2.44 bits per heavy atom. The number of carbonyl (C=O) groups excluding carboxylic acids is 1. The van der Waals surface area contributed by atoms with Gasteiger partial charge in [-0.1, -0.05) is 11.6 Å². The molecule has 0 spiro atoms. The zero-order valence-corrected chi connectivity index (χ0v) is 9.85. The van der Waals surface area contributed by atoms with Crippen molar-refractivity contribution in [3.05, 3.63) is 17.4 Å². The van der Waals surface area contributed by atoms with Gasteiger partial charge in [0.15, 0.2) is 0 Å². The fourth-order valence-electron chi connectivity index (χ4n) is 1.81. The summed E-state index contributed by atoms with van der Waals surface area (Å²) < 4.78 is 6.60. The lowest BCUT2D eigenvalue weighted by atomic mass is 10.0. The van der Waals surface area contributed by atoms with Crippen molar-refractivity contribution in [2.45, 2.75) is 6.54 Å². The van der Waals surface area contributed by atoms with E-state index < -0.39 is 0 Å². The number of carbonyl (C=O) groups is 1. The molecule has 0 bridgehead atoms. The maximum Gasteiger partial charge on any atom is 0.248 e. The van der Waals surface area contributed by atoms with E-state index in [9.17, 15) is 4.79 Å². The summed E-state index contributed by atoms with van der Waals surface area (Å²) in [7, 11) is 1.53. The lowest BCUT2D eigenvalue weighted by Gasteiger charge is -2.39. The van der Waals surface area contributed by atoms with Gasteiger partial charge in [0.25, 0.3) is 0 Å². The molecule has 0 unspecified atom stereocenters. The zero-order valence-electron chi connectivity index (χ0n) is 9.10. The van der Waals surface area contributed by atoms with Crippen molar-refractivity contribution in [2.24, 2.45) is 5.92 Å². The first-order valence-corrected chi connectivity index (χ1v) is 5.51. The molecule has 1 aromatic heterocycles. The first-order valence-electron chi connectivity index (χ1n) is 5.13. The molecular formula is C10H14ClN3O2. The van der Waals surface area contributed by atoms with Gasteiger partial charge in [0.2, 0.25) is 5.91 Å². The van der Waals surface area contributed by atoms with Crippen LogP contribution in [0, 0.1) is 5.92 Å². The summed E-state index contributed by atoms with van der Waals surface area (Å²) in [5, 5.41) is 4.75. The van der Waals surface area contributed by atoms with Crippen LogP contribution in [0.3, 0.4) is 0 Å². The van der Waals surface area contributed by atoms with Crippen molar-refractivity contribution in [2.75, 3.05) is 26.8 Å². The Labute approximate surface area is 98.9 Å². The van der Waals surface area contributed by atoms with Gasteiger partial charge in [-0.15, -0.1) is 0 Å².